The molecule has 0 aliphatic heterocycles. The van der Waals surface area contributed by atoms with E-state index in [0.717, 1.165) is 5.69 Å². The number of sulfone groups is 1. The lowest BCUT2D eigenvalue weighted by molar-refractivity contribution is 0.339. The molecule has 114 valence electrons. The molecule has 2 aromatic rings. The van der Waals surface area contributed by atoms with Gasteiger partial charge in [0, 0.05) is 31.4 Å². The molecule has 2 rings (SSSR count). The fraction of sp³-hybridized carbons (Fsp3) is 0.357. The van der Waals surface area contributed by atoms with Crippen molar-refractivity contribution in [3.05, 3.63) is 36.2 Å². The van der Waals surface area contributed by atoms with Gasteiger partial charge in [0.05, 0.1) is 22.9 Å². The molecule has 1 aromatic carbocycles. The molecule has 21 heavy (non-hydrogen) atoms. The summed E-state index contributed by atoms with van der Waals surface area (Å²) in [6.07, 6.45) is 2.03. The molecule has 0 amide bonds. The van der Waals surface area contributed by atoms with Gasteiger partial charge in [0.1, 0.15) is 5.75 Å². The number of ether oxygens (including phenoxy) is 1. The molecule has 1 heterocycles. The number of nitrogen functional groups attached to an aromatic ring is 1. The number of rotatable bonds is 6. The summed E-state index contributed by atoms with van der Waals surface area (Å²) < 4.78 is 31.9. The van der Waals surface area contributed by atoms with Crippen LogP contribution in [0.1, 0.15) is 12.6 Å². The smallest absolute Gasteiger partial charge is 0.180 e. The molecule has 0 aliphatic rings. The molecule has 0 atom stereocenters. The highest BCUT2D eigenvalue weighted by Gasteiger charge is 2.19. The zero-order valence-corrected chi connectivity index (χ0v) is 12.9. The van der Waals surface area contributed by atoms with Crippen molar-refractivity contribution in [3.63, 3.8) is 0 Å². The quantitative estimate of drug-likeness (QED) is 0.815. The van der Waals surface area contributed by atoms with Crippen LogP contribution in [0.2, 0.25) is 0 Å². The summed E-state index contributed by atoms with van der Waals surface area (Å²) >= 11 is 0. The Balaban J connectivity index is 2.22. The fourth-order valence-electron chi connectivity index (χ4n) is 2.04. The van der Waals surface area contributed by atoms with Crippen LogP contribution < -0.4 is 10.5 Å². The third kappa shape index (κ3) is 3.55. The van der Waals surface area contributed by atoms with Crippen LogP contribution in [0.3, 0.4) is 0 Å². The lowest BCUT2D eigenvalue weighted by Crippen LogP contribution is -2.13. The largest absolute Gasteiger partial charge is 0.494 e. The number of nitrogens with zero attached hydrogens (tertiary/aromatic N) is 2. The first-order valence-electron chi connectivity index (χ1n) is 6.66. The molecule has 0 radical (unpaired) electrons. The molecule has 0 aliphatic carbocycles. The second kappa shape index (κ2) is 6.17. The van der Waals surface area contributed by atoms with Crippen LogP contribution in [0.5, 0.6) is 5.75 Å². The molecule has 0 saturated carbocycles. The van der Waals surface area contributed by atoms with Crippen LogP contribution in [0.25, 0.3) is 0 Å². The molecule has 0 fully saturated rings. The summed E-state index contributed by atoms with van der Waals surface area (Å²) in [4.78, 5) is 0.121. The molecule has 6 nitrogen and oxygen atoms in total. The minimum atomic E-state index is -3.47. The van der Waals surface area contributed by atoms with E-state index in [1.807, 2.05) is 6.92 Å². The van der Waals surface area contributed by atoms with E-state index in [4.69, 9.17) is 10.5 Å². The SMILES string of the molecule is CCOc1ccc(N)c(S(=O)(=O)CCc2ccnn2C)c1. The van der Waals surface area contributed by atoms with E-state index < -0.39 is 9.84 Å². The van der Waals surface area contributed by atoms with Gasteiger partial charge in [-0.1, -0.05) is 0 Å². The number of benzene rings is 1. The fourth-order valence-corrected chi connectivity index (χ4v) is 3.46. The molecular weight excluding hydrogens is 290 g/mol. The summed E-state index contributed by atoms with van der Waals surface area (Å²) in [7, 11) is -1.69. The first kappa shape index (κ1) is 15.4. The van der Waals surface area contributed by atoms with Crippen LogP contribution in [0, 0.1) is 0 Å². The van der Waals surface area contributed by atoms with Crippen LogP contribution >= 0.6 is 0 Å². The average Bonchev–Trinajstić information content (AvgIpc) is 2.84. The maximum absolute atomic E-state index is 12.5. The van der Waals surface area contributed by atoms with Gasteiger partial charge >= 0.3 is 0 Å². The van der Waals surface area contributed by atoms with Gasteiger partial charge in [-0.05, 0) is 25.1 Å². The Kier molecular flexibility index (Phi) is 4.52. The van der Waals surface area contributed by atoms with Gasteiger partial charge in [0.2, 0.25) is 0 Å². The van der Waals surface area contributed by atoms with Crippen molar-refractivity contribution in [1.82, 2.24) is 9.78 Å². The Bertz CT molecular complexity index is 723. The van der Waals surface area contributed by atoms with Crippen molar-refractivity contribution in [2.45, 2.75) is 18.2 Å². The summed E-state index contributed by atoms with van der Waals surface area (Å²) in [5.74, 6) is 0.484. The van der Waals surface area contributed by atoms with Gasteiger partial charge in [-0.15, -0.1) is 0 Å². The molecule has 7 heteroatoms. The Hall–Kier alpha value is -2.02. The minimum Gasteiger partial charge on any atom is -0.494 e. The zero-order valence-electron chi connectivity index (χ0n) is 12.1. The number of hydrogen-bond donors (Lipinski definition) is 1. The normalized spacial score (nSPS) is 11.5. The highest BCUT2D eigenvalue weighted by molar-refractivity contribution is 7.91. The summed E-state index contributed by atoms with van der Waals surface area (Å²) in [6.45, 7) is 2.31. The van der Waals surface area contributed by atoms with Gasteiger partial charge in [-0.25, -0.2) is 8.42 Å². The number of aromatic nitrogens is 2. The Morgan fingerprint density at radius 3 is 2.71 bits per heavy atom. The second-order valence-corrected chi connectivity index (χ2v) is 6.73. The molecule has 0 saturated heterocycles. The van der Waals surface area contributed by atoms with E-state index in [0.29, 0.717) is 18.8 Å². The average molecular weight is 309 g/mol. The van der Waals surface area contributed by atoms with Crippen LogP contribution in [0.4, 0.5) is 5.69 Å². The Morgan fingerprint density at radius 2 is 2.10 bits per heavy atom. The number of nitrogens with two attached hydrogens (primary N) is 1. The lowest BCUT2D eigenvalue weighted by atomic mass is 10.3. The lowest BCUT2D eigenvalue weighted by Gasteiger charge is -2.10. The third-order valence-corrected chi connectivity index (χ3v) is 4.95. The number of aryl methyl sites for hydroxylation is 2. The second-order valence-electron chi connectivity index (χ2n) is 4.65. The van der Waals surface area contributed by atoms with Crippen molar-refractivity contribution in [3.8, 4) is 5.75 Å². The van der Waals surface area contributed by atoms with Crippen molar-refractivity contribution >= 4 is 15.5 Å². The van der Waals surface area contributed by atoms with Crippen LogP contribution in [-0.2, 0) is 23.3 Å². The first-order valence-corrected chi connectivity index (χ1v) is 8.31. The number of hydrogen-bond acceptors (Lipinski definition) is 5. The Morgan fingerprint density at radius 1 is 1.33 bits per heavy atom. The van der Waals surface area contributed by atoms with Crippen molar-refractivity contribution in [2.75, 3.05) is 18.1 Å². The molecule has 0 bridgehead atoms. The highest BCUT2D eigenvalue weighted by atomic mass is 32.2. The van der Waals surface area contributed by atoms with Crippen molar-refractivity contribution in [1.29, 1.82) is 0 Å². The van der Waals surface area contributed by atoms with E-state index in [2.05, 4.69) is 5.10 Å². The maximum atomic E-state index is 12.5. The van der Waals surface area contributed by atoms with Crippen molar-refractivity contribution in [2.24, 2.45) is 7.05 Å². The van der Waals surface area contributed by atoms with Gasteiger partial charge in [0.25, 0.3) is 0 Å². The predicted octanol–water partition coefficient (Wildman–Crippen LogP) is 1.42. The maximum Gasteiger partial charge on any atom is 0.180 e. The van der Waals surface area contributed by atoms with E-state index in [9.17, 15) is 8.42 Å². The number of anilines is 1. The van der Waals surface area contributed by atoms with E-state index >= 15 is 0 Å². The standard InChI is InChI=1S/C14H19N3O3S/c1-3-20-12-4-5-13(15)14(10-12)21(18,19)9-7-11-6-8-16-17(11)2/h4-6,8,10H,3,7,9,15H2,1-2H3. The monoisotopic (exact) mass is 309 g/mol. The van der Waals surface area contributed by atoms with Gasteiger partial charge in [-0.3, -0.25) is 4.68 Å². The highest BCUT2D eigenvalue weighted by Crippen LogP contribution is 2.25. The summed E-state index contributed by atoms with van der Waals surface area (Å²) in [6, 6.07) is 6.51. The van der Waals surface area contributed by atoms with Gasteiger partial charge in [-0.2, -0.15) is 5.10 Å². The molecular formula is C14H19N3O3S. The summed E-state index contributed by atoms with van der Waals surface area (Å²) in [5.41, 5.74) is 6.90. The van der Waals surface area contributed by atoms with Gasteiger partial charge in [0.15, 0.2) is 9.84 Å². The van der Waals surface area contributed by atoms with Crippen LogP contribution in [0.15, 0.2) is 35.4 Å². The topological polar surface area (TPSA) is 87.2 Å². The van der Waals surface area contributed by atoms with Crippen LogP contribution in [-0.4, -0.2) is 30.6 Å². The van der Waals surface area contributed by atoms with Gasteiger partial charge < -0.3 is 10.5 Å². The molecule has 1 aromatic heterocycles. The predicted molar refractivity (Wildman–Crippen MR) is 81.0 cm³/mol. The molecule has 2 N–H and O–H groups in total. The van der Waals surface area contributed by atoms with Crippen molar-refractivity contribution < 1.29 is 13.2 Å². The molecule has 0 spiro atoms. The summed E-state index contributed by atoms with van der Waals surface area (Å²) in [5, 5.41) is 4.02. The Labute approximate surface area is 124 Å². The minimum absolute atomic E-state index is 0.0215. The molecule has 0 unspecified atom stereocenters. The van der Waals surface area contributed by atoms with E-state index in [1.54, 1.807) is 36.1 Å². The zero-order chi connectivity index (χ0) is 15.5. The van der Waals surface area contributed by atoms with E-state index in [-0.39, 0.29) is 16.3 Å². The first-order chi connectivity index (χ1) is 9.94. The van der Waals surface area contributed by atoms with E-state index in [1.165, 1.54) is 6.07 Å². The third-order valence-electron chi connectivity index (χ3n) is 3.18.